The zero-order chi connectivity index (χ0) is 13.3. The molecule has 0 aliphatic rings. The number of hydrogen-bond donors (Lipinski definition) is 1. The van der Waals surface area contributed by atoms with Crippen LogP contribution >= 0.6 is 0 Å². The number of rotatable bonds is 3. The lowest BCUT2D eigenvalue weighted by Crippen LogP contribution is -2.01. The summed E-state index contributed by atoms with van der Waals surface area (Å²) in [6.45, 7) is 6.13. The standard InChI is InChI=1S/C13H16FN3O/c1-4-17-13(12(15)9(3)16-17)18-10-5-6-11(14)8(2)7-10/h5-7H,4,15H2,1-3H3. The number of benzene rings is 1. The summed E-state index contributed by atoms with van der Waals surface area (Å²) in [5.74, 6) is 0.798. The maximum absolute atomic E-state index is 13.2. The molecule has 0 bridgehead atoms. The number of nitrogens with two attached hydrogens (primary N) is 1. The number of anilines is 1. The number of halogens is 1. The highest BCUT2D eigenvalue weighted by Crippen LogP contribution is 2.30. The fraction of sp³-hybridized carbons (Fsp3) is 0.308. The molecule has 1 aromatic carbocycles. The molecule has 0 fully saturated rings. The molecular weight excluding hydrogens is 233 g/mol. The van der Waals surface area contributed by atoms with Crippen molar-refractivity contribution in [3.63, 3.8) is 0 Å². The zero-order valence-electron chi connectivity index (χ0n) is 10.7. The molecule has 2 rings (SSSR count). The highest BCUT2D eigenvalue weighted by atomic mass is 19.1. The molecule has 0 saturated carbocycles. The molecule has 4 nitrogen and oxygen atoms in total. The van der Waals surface area contributed by atoms with Crippen molar-refractivity contribution in [2.45, 2.75) is 27.3 Å². The lowest BCUT2D eigenvalue weighted by molar-refractivity contribution is 0.417. The first-order valence-corrected chi connectivity index (χ1v) is 5.79. The van der Waals surface area contributed by atoms with Gasteiger partial charge in [0, 0.05) is 6.54 Å². The first-order valence-electron chi connectivity index (χ1n) is 5.79. The Morgan fingerprint density at radius 1 is 1.39 bits per heavy atom. The normalized spacial score (nSPS) is 10.7. The minimum Gasteiger partial charge on any atom is -0.437 e. The van der Waals surface area contributed by atoms with Crippen LogP contribution in [0.15, 0.2) is 18.2 Å². The molecule has 0 aliphatic heterocycles. The highest BCUT2D eigenvalue weighted by Gasteiger charge is 2.14. The summed E-state index contributed by atoms with van der Waals surface area (Å²) in [6.07, 6.45) is 0. The Hall–Kier alpha value is -2.04. The van der Waals surface area contributed by atoms with Gasteiger partial charge in [0.05, 0.1) is 5.69 Å². The van der Waals surface area contributed by atoms with Gasteiger partial charge < -0.3 is 10.5 Å². The minimum absolute atomic E-state index is 0.254. The van der Waals surface area contributed by atoms with Crippen LogP contribution in [0.4, 0.5) is 10.1 Å². The van der Waals surface area contributed by atoms with Crippen LogP contribution in [0.3, 0.4) is 0 Å². The maximum atomic E-state index is 13.2. The monoisotopic (exact) mass is 249 g/mol. The molecule has 0 unspecified atom stereocenters. The number of aromatic nitrogens is 2. The van der Waals surface area contributed by atoms with Gasteiger partial charge in [-0.2, -0.15) is 5.10 Å². The second-order valence-electron chi connectivity index (χ2n) is 4.13. The predicted octanol–water partition coefficient (Wildman–Crippen LogP) is 3.03. The minimum atomic E-state index is -0.254. The van der Waals surface area contributed by atoms with Gasteiger partial charge in [0.1, 0.15) is 17.3 Å². The Kier molecular flexibility index (Phi) is 3.23. The molecular formula is C13H16FN3O. The Labute approximate surface area is 105 Å². The average molecular weight is 249 g/mol. The summed E-state index contributed by atoms with van der Waals surface area (Å²) in [6, 6.07) is 4.58. The third-order valence-corrected chi connectivity index (χ3v) is 2.77. The third kappa shape index (κ3) is 2.16. The second-order valence-corrected chi connectivity index (χ2v) is 4.13. The first-order chi connectivity index (χ1) is 8.52. The van der Waals surface area contributed by atoms with Gasteiger partial charge in [-0.15, -0.1) is 0 Å². The highest BCUT2D eigenvalue weighted by molar-refractivity contribution is 5.54. The average Bonchev–Trinajstić information content (AvgIpc) is 2.61. The van der Waals surface area contributed by atoms with E-state index in [1.165, 1.54) is 6.07 Å². The zero-order valence-corrected chi connectivity index (χ0v) is 10.7. The van der Waals surface area contributed by atoms with E-state index in [-0.39, 0.29) is 5.82 Å². The number of nitrogens with zero attached hydrogens (tertiary/aromatic N) is 2. The van der Waals surface area contributed by atoms with E-state index in [0.717, 1.165) is 5.69 Å². The van der Waals surface area contributed by atoms with Gasteiger partial charge in [-0.25, -0.2) is 9.07 Å². The fourth-order valence-corrected chi connectivity index (χ4v) is 1.69. The summed E-state index contributed by atoms with van der Waals surface area (Å²) in [7, 11) is 0. The van der Waals surface area contributed by atoms with Crippen LogP contribution in [0.5, 0.6) is 11.6 Å². The van der Waals surface area contributed by atoms with Gasteiger partial charge in [-0.1, -0.05) is 0 Å². The lowest BCUT2D eigenvalue weighted by Gasteiger charge is -2.09. The van der Waals surface area contributed by atoms with E-state index in [4.69, 9.17) is 10.5 Å². The number of hydrogen-bond acceptors (Lipinski definition) is 3. The van der Waals surface area contributed by atoms with Crippen molar-refractivity contribution in [2.75, 3.05) is 5.73 Å². The van der Waals surface area contributed by atoms with Crippen molar-refractivity contribution < 1.29 is 9.13 Å². The Morgan fingerprint density at radius 2 is 2.11 bits per heavy atom. The molecule has 96 valence electrons. The van der Waals surface area contributed by atoms with Gasteiger partial charge >= 0.3 is 0 Å². The van der Waals surface area contributed by atoms with Gasteiger partial charge in [0.2, 0.25) is 5.88 Å². The van der Waals surface area contributed by atoms with Crippen LogP contribution in [-0.2, 0) is 6.54 Å². The van der Waals surface area contributed by atoms with Crippen molar-refractivity contribution in [3.8, 4) is 11.6 Å². The summed E-state index contributed by atoms with van der Waals surface area (Å²) >= 11 is 0. The number of aryl methyl sites for hydroxylation is 3. The number of ether oxygens (including phenoxy) is 1. The summed E-state index contributed by atoms with van der Waals surface area (Å²) in [5, 5.41) is 4.26. The van der Waals surface area contributed by atoms with Crippen LogP contribution < -0.4 is 10.5 Å². The molecule has 0 amide bonds. The lowest BCUT2D eigenvalue weighted by atomic mass is 10.2. The smallest absolute Gasteiger partial charge is 0.241 e. The van der Waals surface area contributed by atoms with E-state index in [2.05, 4.69) is 5.10 Å². The molecule has 5 heteroatoms. The van der Waals surface area contributed by atoms with Crippen molar-refractivity contribution in [2.24, 2.45) is 0 Å². The van der Waals surface area contributed by atoms with E-state index < -0.39 is 0 Å². The van der Waals surface area contributed by atoms with Crippen molar-refractivity contribution >= 4 is 5.69 Å². The molecule has 0 atom stereocenters. The van der Waals surface area contributed by atoms with E-state index in [1.54, 1.807) is 23.7 Å². The first kappa shape index (κ1) is 12.4. The number of nitrogen functional groups attached to an aromatic ring is 1. The summed E-state index contributed by atoms with van der Waals surface area (Å²) in [5.41, 5.74) is 7.69. The SMILES string of the molecule is CCn1nc(C)c(N)c1Oc1ccc(F)c(C)c1. The Morgan fingerprint density at radius 3 is 2.72 bits per heavy atom. The van der Waals surface area contributed by atoms with Gasteiger partial charge in [0.25, 0.3) is 0 Å². The molecule has 0 radical (unpaired) electrons. The van der Waals surface area contributed by atoms with E-state index >= 15 is 0 Å². The Balaban J connectivity index is 2.36. The molecule has 2 N–H and O–H groups in total. The van der Waals surface area contributed by atoms with Crippen LogP contribution in [0.1, 0.15) is 18.2 Å². The molecule has 1 heterocycles. The third-order valence-electron chi connectivity index (χ3n) is 2.77. The Bertz CT molecular complexity index is 578. The van der Waals surface area contributed by atoms with E-state index in [9.17, 15) is 4.39 Å². The molecule has 2 aromatic rings. The molecule has 0 aliphatic carbocycles. The molecule has 0 saturated heterocycles. The summed E-state index contributed by atoms with van der Waals surface area (Å²) in [4.78, 5) is 0. The van der Waals surface area contributed by atoms with Crippen molar-refractivity contribution in [1.82, 2.24) is 9.78 Å². The van der Waals surface area contributed by atoms with Gasteiger partial charge in [0.15, 0.2) is 0 Å². The van der Waals surface area contributed by atoms with Gasteiger partial charge in [-0.05, 0) is 44.5 Å². The second kappa shape index (κ2) is 4.68. The molecule has 18 heavy (non-hydrogen) atoms. The van der Waals surface area contributed by atoms with Crippen LogP contribution in [0.2, 0.25) is 0 Å². The largest absolute Gasteiger partial charge is 0.437 e. The van der Waals surface area contributed by atoms with E-state index in [1.807, 2.05) is 13.8 Å². The van der Waals surface area contributed by atoms with Crippen LogP contribution in [-0.4, -0.2) is 9.78 Å². The van der Waals surface area contributed by atoms with E-state index in [0.29, 0.717) is 29.4 Å². The van der Waals surface area contributed by atoms with Crippen LogP contribution in [0, 0.1) is 19.7 Å². The molecule has 1 aromatic heterocycles. The predicted molar refractivity (Wildman–Crippen MR) is 68.3 cm³/mol. The van der Waals surface area contributed by atoms with Crippen molar-refractivity contribution in [3.05, 3.63) is 35.3 Å². The molecule has 0 spiro atoms. The topological polar surface area (TPSA) is 53.1 Å². The maximum Gasteiger partial charge on any atom is 0.241 e. The van der Waals surface area contributed by atoms with Gasteiger partial charge in [-0.3, -0.25) is 0 Å². The quantitative estimate of drug-likeness (QED) is 0.909. The summed E-state index contributed by atoms with van der Waals surface area (Å²) < 4.78 is 20.5. The van der Waals surface area contributed by atoms with Crippen molar-refractivity contribution in [1.29, 1.82) is 0 Å². The van der Waals surface area contributed by atoms with Crippen LogP contribution in [0.25, 0.3) is 0 Å². The fourth-order valence-electron chi connectivity index (χ4n) is 1.69.